The molecule has 0 radical (unpaired) electrons. The summed E-state index contributed by atoms with van der Waals surface area (Å²) >= 11 is 0. The van der Waals surface area contributed by atoms with E-state index in [4.69, 9.17) is 5.11 Å². The van der Waals surface area contributed by atoms with Gasteiger partial charge in [0, 0.05) is 29.1 Å². The summed E-state index contributed by atoms with van der Waals surface area (Å²) in [6, 6.07) is 14.2. The van der Waals surface area contributed by atoms with Gasteiger partial charge in [-0.25, -0.2) is 9.59 Å². The SMILES string of the molecule is O=C(NC[C@@H](O)C(=O)O)c1ccc(CN(C(=O)Nc2cc([N+](=O)[O-])cc(C(F)(F)F)c2)c2ccc(C3CCCCC3)cc2)cc1. The Kier molecular flexibility index (Phi) is 10.4. The van der Waals surface area contributed by atoms with Gasteiger partial charge >= 0.3 is 18.2 Å². The van der Waals surface area contributed by atoms with Gasteiger partial charge in [-0.1, -0.05) is 43.5 Å². The summed E-state index contributed by atoms with van der Waals surface area (Å²) in [5.74, 6) is -1.74. The lowest BCUT2D eigenvalue weighted by Gasteiger charge is -2.26. The summed E-state index contributed by atoms with van der Waals surface area (Å²) in [5.41, 5.74) is -0.345. The highest BCUT2D eigenvalue weighted by Gasteiger charge is 2.33. The number of benzene rings is 3. The molecule has 4 rings (SSSR count). The van der Waals surface area contributed by atoms with Crippen molar-refractivity contribution >= 4 is 35.0 Å². The lowest BCUT2D eigenvalue weighted by molar-refractivity contribution is -0.385. The number of carboxylic acid groups (broad SMARTS) is 1. The first kappa shape index (κ1) is 32.9. The zero-order chi connectivity index (χ0) is 32.7. The van der Waals surface area contributed by atoms with Gasteiger partial charge in [-0.15, -0.1) is 0 Å². The first-order valence-corrected chi connectivity index (χ1v) is 14.1. The number of amides is 3. The molecule has 14 heteroatoms. The summed E-state index contributed by atoms with van der Waals surface area (Å²) in [5, 5.41) is 34.1. The molecule has 1 fully saturated rings. The average Bonchev–Trinajstić information content (AvgIpc) is 3.02. The van der Waals surface area contributed by atoms with Crippen LogP contribution in [0, 0.1) is 10.1 Å². The minimum Gasteiger partial charge on any atom is -0.479 e. The third-order valence-corrected chi connectivity index (χ3v) is 7.53. The second-order valence-corrected chi connectivity index (χ2v) is 10.7. The maximum Gasteiger partial charge on any atom is 0.416 e. The van der Waals surface area contributed by atoms with Gasteiger partial charge < -0.3 is 20.8 Å². The second-order valence-electron chi connectivity index (χ2n) is 10.7. The Bertz CT molecular complexity index is 1540. The fraction of sp³-hybridized carbons (Fsp3) is 0.323. The van der Waals surface area contributed by atoms with Gasteiger partial charge in [-0.2, -0.15) is 13.2 Å². The molecule has 0 unspecified atom stereocenters. The number of nitrogens with zero attached hydrogens (tertiary/aromatic N) is 2. The molecule has 4 N–H and O–H groups in total. The molecule has 3 amide bonds. The Labute approximate surface area is 255 Å². The number of non-ortho nitro benzene ring substituents is 1. The zero-order valence-corrected chi connectivity index (χ0v) is 23.9. The Morgan fingerprint density at radius 2 is 1.62 bits per heavy atom. The average molecular weight is 629 g/mol. The normalized spacial score (nSPS) is 14.3. The van der Waals surface area contributed by atoms with Gasteiger partial charge in [0.25, 0.3) is 11.6 Å². The third kappa shape index (κ3) is 8.79. The maximum absolute atomic E-state index is 13.6. The molecule has 1 atom stereocenters. The highest BCUT2D eigenvalue weighted by molar-refractivity contribution is 6.02. The van der Waals surface area contributed by atoms with Crippen LogP contribution in [-0.4, -0.2) is 45.7 Å². The van der Waals surface area contributed by atoms with Crippen LogP contribution >= 0.6 is 0 Å². The van der Waals surface area contributed by atoms with Crippen molar-refractivity contribution < 1.29 is 42.7 Å². The van der Waals surface area contributed by atoms with Gasteiger partial charge in [-0.05, 0) is 60.2 Å². The molecule has 238 valence electrons. The Morgan fingerprint density at radius 3 is 2.20 bits per heavy atom. The standard InChI is InChI=1S/C31H31F3N4O7/c32-31(33,34)23-14-24(16-26(15-23)38(44)45)36-30(43)37(25-12-10-21(11-13-25)20-4-2-1-3-5-20)18-19-6-8-22(9-7-19)28(40)35-17-27(39)29(41)42/h6-16,20,27,39H,1-5,17-18H2,(H,35,40)(H,36,43)(H,41,42)/t27-/m1/s1. The van der Waals surface area contributed by atoms with Crippen LogP contribution in [0.3, 0.4) is 0 Å². The van der Waals surface area contributed by atoms with E-state index < -0.39 is 58.6 Å². The topological polar surface area (TPSA) is 162 Å². The van der Waals surface area contributed by atoms with Gasteiger partial charge in [0.2, 0.25) is 0 Å². The number of nitro benzene ring substituents is 1. The molecular formula is C31H31F3N4O7. The summed E-state index contributed by atoms with van der Waals surface area (Å²) in [6.45, 7) is -0.594. The van der Waals surface area contributed by atoms with E-state index in [1.807, 2.05) is 12.1 Å². The lowest BCUT2D eigenvalue weighted by atomic mass is 9.84. The van der Waals surface area contributed by atoms with Crippen LogP contribution in [0.1, 0.15) is 65.1 Å². The predicted octanol–water partition coefficient (Wildman–Crippen LogP) is 6.08. The number of carboxylic acids is 1. The van der Waals surface area contributed by atoms with E-state index in [0.717, 1.165) is 37.3 Å². The second kappa shape index (κ2) is 14.2. The van der Waals surface area contributed by atoms with E-state index in [1.165, 1.54) is 35.6 Å². The monoisotopic (exact) mass is 628 g/mol. The Morgan fingerprint density at radius 1 is 0.978 bits per heavy atom. The quantitative estimate of drug-likeness (QED) is 0.156. The molecule has 1 aliphatic carbocycles. The van der Waals surface area contributed by atoms with E-state index in [0.29, 0.717) is 29.3 Å². The number of anilines is 2. The van der Waals surface area contributed by atoms with Gasteiger partial charge in [0.15, 0.2) is 6.10 Å². The molecule has 0 bridgehead atoms. The number of aliphatic carboxylic acids is 1. The van der Waals surface area contributed by atoms with Crippen molar-refractivity contribution in [1.82, 2.24) is 5.32 Å². The van der Waals surface area contributed by atoms with E-state index in [2.05, 4.69) is 10.6 Å². The number of carbonyl (C=O) groups is 3. The van der Waals surface area contributed by atoms with Crippen LogP contribution in [0.25, 0.3) is 0 Å². The minimum atomic E-state index is -4.89. The summed E-state index contributed by atoms with van der Waals surface area (Å²) in [6.07, 6.45) is -1.14. The van der Waals surface area contributed by atoms with Gasteiger partial charge in [-0.3, -0.25) is 19.8 Å². The largest absolute Gasteiger partial charge is 0.479 e. The van der Waals surface area contributed by atoms with Crippen LogP contribution in [0.4, 0.5) is 35.0 Å². The number of aliphatic hydroxyl groups excluding tert-OH is 1. The van der Waals surface area contributed by atoms with Crippen LogP contribution in [0.5, 0.6) is 0 Å². The molecule has 0 saturated heterocycles. The maximum atomic E-state index is 13.6. The van der Waals surface area contributed by atoms with Crippen LogP contribution < -0.4 is 15.5 Å². The zero-order valence-electron chi connectivity index (χ0n) is 23.9. The number of nitro groups is 1. The van der Waals surface area contributed by atoms with Crippen LogP contribution in [-0.2, 0) is 17.5 Å². The Hall–Kier alpha value is -4.98. The van der Waals surface area contributed by atoms with Gasteiger partial charge in [0.1, 0.15) is 0 Å². The third-order valence-electron chi connectivity index (χ3n) is 7.53. The summed E-state index contributed by atoms with van der Waals surface area (Å²) in [7, 11) is 0. The molecule has 0 spiro atoms. The highest BCUT2D eigenvalue weighted by atomic mass is 19.4. The number of nitrogens with one attached hydrogen (secondary N) is 2. The van der Waals surface area contributed by atoms with Crippen LogP contribution in [0.2, 0.25) is 0 Å². The number of hydrogen-bond acceptors (Lipinski definition) is 6. The first-order chi connectivity index (χ1) is 21.3. The summed E-state index contributed by atoms with van der Waals surface area (Å²) in [4.78, 5) is 48.3. The minimum absolute atomic E-state index is 0.0880. The molecule has 11 nitrogen and oxygen atoms in total. The molecule has 0 aliphatic heterocycles. The van der Waals surface area contributed by atoms with Crippen molar-refractivity contribution in [3.8, 4) is 0 Å². The number of urea groups is 1. The van der Waals surface area contributed by atoms with Crippen molar-refractivity contribution in [3.05, 3.63) is 99.1 Å². The highest BCUT2D eigenvalue weighted by Crippen LogP contribution is 2.35. The van der Waals surface area contributed by atoms with Crippen molar-refractivity contribution in [2.45, 2.75) is 56.8 Å². The molecular weight excluding hydrogens is 597 g/mol. The molecule has 3 aromatic carbocycles. The first-order valence-electron chi connectivity index (χ1n) is 14.1. The number of rotatable bonds is 10. The van der Waals surface area contributed by atoms with Crippen molar-refractivity contribution in [1.29, 1.82) is 0 Å². The fourth-order valence-electron chi connectivity index (χ4n) is 5.11. The molecule has 3 aromatic rings. The van der Waals surface area contributed by atoms with Crippen molar-refractivity contribution in [2.75, 3.05) is 16.8 Å². The number of carbonyl (C=O) groups excluding carboxylic acids is 2. The molecule has 1 aliphatic rings. The number of halogens is 3. The van der Waals surface area contributed by atoms with Crippen molar-refractivity contribution in [3.63, 3.8) is 0 Å². The van der Waals surface area contributed by atoms with Gasteiger partial charge in [0.05, 0.1) is 23.6 Å². The number of aliphatic hydroxyl groups is 1. The van der Waals surface area contributed by atoms with E-state index in [-0.39, 0.29) is 12.1 Å². The Balaban J connectivity index is 1.59. The molecule has 0 heterocycles. The lowest BCUT2D eigenvalue weighted by Crippen LogP contribution is -2.36. The fourth-order valence-corrected chi connectivity index (χ4v) is 5.11. The van der Waals surface area contributed by atoms with Crippen LogP contribution in [0.15, 0.2) is 66.7 Å². The molecule has 45 heavy (non-hydrogen) atoms. The predicted molar refractivity (Wildman–Crippen MR) is 158 cm³/mol. The number of alkyl halides is 3. The van der Waals surface area contributed by atoms with E-state index >= 15 is 0 Å². The van der Waals surface area contributed by atoms with E-state index in [1.54, 1.807) is 12.1 Å². The summed E-state index contributed by atoms with van der Waals surface area (Å²) < 4.78 is 40.4. The molecule has 0 aromatic heterocycles. The smallest absolute Gasteiger partial charge is 0.416 e. The molecule has 1 saturated carbocycles. The number of hydrogen-bond donors (Lipinski definition) is 4. The van der Waals surface area contributed by atoms with Crippen molar-refractivity contribution in [2.24, 2.45) is 0 Å². The van der Waals surface area contributed by atoms with E-state index in [9.17, 15) is 42.8 Å².